The molecule has 1 atom stereocenters. The standard InChI is InChI=1S/C14H20FNS/c1-11-4-5-12(8-13(11)15)9-16-10-14(2)6-3-7-17-14/h4-5,8,16H,3,6-7,9-10H2,1-2H3. The van der Waals surface area contributed by atoms with Crippen LogP contribution in [0, 0.1) is 12.7 Å². The lowest BCUT2D eigenvalue weighted by atomic mass is 10.1. The molecule has 1 aliphatic rings. The molecule has 1 aromatic rings. The molecule has 1 N–H and O–H groups in total. The van der Waals surface area contributed by atoms with Crippen molar-refractivity contribution in [2.24, 2.45) is 0 Å². The smallest absolute Gasteiger partial charge is 0.126 e. The quantitative estimate of drug-likeness (QED) is 0.881. The number of hydrogen-bond donors (Lipinski definition) is 1. The summed E-state index contributed by atoms with van der Waals surface area (Å²) in [6.07, 6.45) is 2.61. The predicted molar refractivity (Wildman–Crippen MR) is 72.9 cm³/mol. The van der Waals surface area contributed by atoms with Gasteiger partial charge in [-0.25, -0.2) is 4.39 Å². The van der Waals surface area contributed by atoms with E-state index < -0.39 is 0 Å². The number of halogens is 1. The van der Waals surface area contributed by atoms with Crippen LogP contribution in [0.15, 0.2) is 18.2 Å². The molecule has 0 amide bonds. The molecule has 1 nitrogen and oxygen atoms in total. The van der Waals surface area contributed by atoms with Crippen molar-refractivity contribution < 1.29 is 4.39 Å². The van der Waals surface area contributed by atoms with Crippen molar-refractivity contribution in [3.63, 3.8) is 0 Å². The van der Waals surface area contributed by atoms with Gasteiger partial charge in [-0.2, -0.15) is 11.8 Å². The van der Waals surface area contributed by atoms with E-state index in [1.807, 2.05) is 23.9 Å². The lowest BCUT2D eigenvalue weighted by Crippen LogP contribution is -2.32. The van der Waals surface area contributed by atoms with E-state index in [9.17, 15) is 4.39 Å². The Bertz CT molecular complexity index is 386. The van der Waals surface area contributed by atoms with Crippen LogP contribution in [-0.2, 0) is 6.54 Å². The average Bonchev–Trinajstić information content (AvgIpc) is 2.71. The van der Waals surface area contributed by atoms with Gasteiger partial charge in [0.15, 0.2) is 0 Å². The Morgan fingerprint density at radius 1 is 1.47 bits per heavy atom. The summed E-state index contributed by atoms with van der Waals surface area (Å²) in [5.41, 5.74) is 1.74. The van der Waals surface area contributed by atoms with Crippen molar-refractivity contribution in [1.29, 1.82) is 0 Å². The van der Waals surface area contributed by atoms with Crippen LogP contribution in [0.2, 0.25) is 0 Å². The first-order valence-electron chi connectivity index (χ1n) is 6.19. The van der Waals surface area contributed by atoms with Crippen LogP contribution in [0.4, 0.5) is 4.39 Å². The Labute approximate surface area is 107 Å². The van der Waals surface area contributed by atoms with E-state index in [2.05, 4.69) is 12.2 Å². The van der Waals surface area contributed by atoms with E-state index in [-0.39, 0.29) is 5.82 Å². The van der Waals surface area contributed by atoms with Crippen LogP contribution in [0.1, 0.15) is 30.9 Å². The molecule has 94 valence electrons. The molecule has 0 saturated carbocycles. The van der Waals surface area contributed by atoms with Gasteiger partial charge in [-0.05, 0) is 49.6 Å². The SMILES string of the molecule is Cc1ccc(CNCC2(C)CCCS2)cc1F. The fourth-order valence-electron chi connectivity index (χ4n) is 2.19. The third-order valence-electron chi connectivity index (χ3n) is 3.36. The first-order chi connectivity index (χ1) is 8.09. The maximum Gasteiger partial charge on any atom is 0.126 e. The molecule has 0 aliphatic carbocycles. The third kappa shape index (κ3) is 3.46. The highest BCUT2D eigenvalue weighted by atomic mass is 32.2. The molecule has 0 spiro atoms. The third-order valence-corrected chi connectivity index (χ3v) is 4.90. The molecular weight excluding hydrogens is 233 g/mol. The van der Waals surface area contributed by atoms with Crippen molar-refractivity contribution in [1.82, 2.24) is 5.32 Å². The van der Waals surface area contributed by atoms with Gasteiger partial charge < -0.3 is 5.32 Å². The second-order valence-corrected chi connectivity index (χ2v) is 6.77. The second-order valence-electron chi connectivity index (χ2n) is 5.09. The van der Waals surface area contributed by atoms with Crippen molar-refractivity contribution in [3.8, 4) is 0 Å². The number of benzene rings is 1. The van der Waals surface area contributed by atoms with E-state index in [0.29, 0.717) is 10.3 Å². The van der Waals surface area contributed by atoms with Crippen LogP contribution < -0.4 is 5.32 Å². The molecule has 2 rings (SSSR count). The summed E-state index contributed by atoms with van der Waals surface area (Å²) < 4.78 is 13.7. The highest BCUT2D eigenvalue weighted by Crippen LogP contribution is 2.36. The molecule has 0 radical (unpaired) electrons. The lowest BCUT2D eigenvalue weighted by Gasteiger charge is -2.23. The van der Waals surface area contributed by atoms with E-state index in [0.717, 1.165) is 18.7 Å². The Morgan fingerprint density at radius 2 is 2.29 bits per heavy atom. The normalized spacial score (nSPS) is 24.2. The zero-order chi connectivity index (χ0) is 12.3. The zero-order valence-electron chi connectivity index (χ0n) is 10.6. The summed E-state index contributed by atoms with van der Waals surface area (Å²) in [5, 5.41) is 3.44. The number of rotatable bonds is 4. The molecule has 1 saturated heterocycles. The van der Waals surface area contributed by atoms with Crippen molar-refractivity contribution in [2.45, 2.75) is 38.0 Å². The fourth-order valence-corrected chi connectivity index (χ4v) is 3.47. The van der Waals surface area contributed by atoms with Gasteiger partial charge in [0.1, 0.15) is 5.82 Å². The summed E-state index contributed by atoms with van der Waals surface area (Å²) >= 11 is 2.05. The van der Waals surface area contributed by atoms with Crippen LogP contribution in [0.25, 0.3) is 0 Å². The lowest BCUT2D eigenvalue weighted by molar-refractivity contribution is 0.535. The summed E-state index contributed by atoms with van der Waals surface area (Å²) in [4.78, 5) is 0. The molecule has 17 heavy (non-hydrogen) atoms. The van der Waals surface area contributed by atoms with Crippen molar-refractivity contribution in [3.05, 3.63) is 35.1 Å². The van der Waals surface area contributed by atoms with Crippen molar-refractivity contribution >= 4 is 11.8 Å². The van der Waals surface area contributed by atoms with E-state index >= 15 is 0 Å². The molecule has 1 heterocycles. The number of nitrogens with one attached hydrogen (secondary N) is 1. The van der Waals surface area contributed by atoms with Crippen LogP contribution in [-0.4, -0.2) is 17.0 Å². The molecule has 1 aliphatic heterocycles. The molecule has 0 bridgehead atoms. The second kappa shape index (κ2) is 5.40. The highest BCUT2D eigenvalue weighted by Gasteiger charge is 2.28. The van der Waals surface area contributed by atoms with Gasteiger partial charge in [0.25, 0.3) is 0 Å². The number of aryl methyl sites for hydroxylation is 1. The van der Waals surface area contributed by atoms with E-state index in [1.165, 1.54) is 18.6 Å². The Hall–Kier alpha value is -0.540. The van der Waals surface area contributed by atoms with Gasteiger partial charge in [0.2, 0.25) is 0 Å². The van der Waals surface area contributed by atoms with Gasteiger partial charge in [-0.1, -0.05) is 12.1 Å². The largest absolute Gasteiger partial charge is 0.311 e. The number of thioether (sulfide) groups is 1. The summed E-state index contributed by atoms with van der Waals surface area (Å²) in [6, 6.07) is 5.47. The van der Waals surface area contributed by atoms with Crippen molar-refractivity contribution in [2.75, 3.05) is 12.3 Å². The van der Waals surface area contributed by atoms with E-state index in [4.69, 9.17) is 0 Å². The topological polar surface area (TPSA) is 12.0 Å². The maximum atomic E-state index is 13.4. The number of hydrogen-bond acceptors (Lipinski definition) is 2. The van der Waals surface area contributed by atoms with Crippen LogP contribution in [0.5, 0.6) is 0 Å². The Balaban J connectivity index is 1.83. The molecule has 3 heteroatoms. The Kier molecular flexibility index (Phi) is 4.10. The Morgan fingerprint density at radius 3 is 2.94 bits per heavy atom. The maximum absolute atomic E-state index is 13.4. The summed E-state index contributed by atoms with van der Waals surface area (Å²) in [6.45, 7) is 5.87. The van der Waals surface area contributed by atoms with E-state index in [1.54, 1.807) is 13.0 Å². The first kappa shape index (κ1) is 12.9. The molecule has 1 fully saturated rings. The monoisotopic (exact) mass is 253 g/mol. The van der Waals surface area contributed by atoms with Gasteiger partial charge in [0.05, 0.1) is 0 Å². The molecule has 0 aromatic heterocycles. The van der Waals surface area contributed by atoms with Crippen LogP contribution >= 0.6 is 11.8 Å². The fraction of sp³-hybridized carbons (Fsp3) is 0.571. The molecule has 1 unspecified atom stereocenters. The van der Waals surface area contributed by atoms with Gasteiger partial charge in [-0.15, -0.1) is 0 Å². The van der Waals surface area contributed by atoms with Gasteiger partial charge >= 0.3 is 0 Å². The minimum atomic E-state index is -0.106. The summed E-state index contributed by atoms with van der Waals surface area (Å²) in [5.74, 6) is 1.17. The average molecular weight is 253 g/mol. The van der Waals surface area contributed by atoms with Gasteiger partial charge in [-0.3, -0.25) is 0 Å². The first-order valence-corrected chi connectivity index (χ1v) is 7.17. The predicted octanol–water partition coefficient (Wildman–Crippen LogP) is 3.51. The van der Waals surface area contributed by atoms with Crippen LogP contribution in [0.3, 0.4) is 0 Å². The van der Waals surface area contributed by atoms with Gasteiger partial charge in [0, 0.05) is 17.8 Å². The zero-order valence-corrected chi connectivity index (χ0v) is 11.4. The highest BCUT2D eigenvalue weighted by molar-refractivity contribution is 8.00. The minimum absolute atomic E-state index is 0.106. The molecular formula is C14H20FNS. The minimum Gasteiger partial charge on any atom is -0.311 e. The summed E-state index contributed by atoms with van der Waals surface area (Å²) in [7, 11) is 0. The molecule has 1 aromatic carbocycles.